The Hall–Kier alpha value is -0.830. The lowest BCUT2D eigenvalue weighted by Crippen LogP contribution is -2.68. The second-order valence-electron chi connectivity index (χ2n) is 2.97. The van der Waals surface area contributed by atoms with Crippen molar-refractivity contribution in [3.63, 3.8) is 0 Å². The van der Waals surface area contributed by atoms with E-state index in [-0.39, 0.29) is 0 Å². The average Bonchev–Trinajstić information content (AvgIpc) is 2.47. The van der Waals surface area contributed by atoms with Gasteiger partial charge >= 0.3 is 4.96 Å². The molecule has 0 atom stereocenters. The number of nitrogens with zero attached hydrogens (tertiary/aromatic N) is 2. The van der Waals surface area contributed by atoms with Crippen LogP contribution in [0.15, 0.2) is 17.6 Å². The molecule has 0 amide bonds. The summed E-state index contributed by atoms with van der Waals surface area (Å²) in [6.07, 6.45) is 2.04. The Bertz CT molecular complexity index is 476. The average molecular weight is 265 g/mol. The quantitative estimate of drug-likeness (QED) is 0.464. The number of hydrogen-bond acceptors (Lipinski definition) is 6. The number of aromatic nitrogens is 2. The first-order valence-electron chi connectivity index (χ1n) is 4.12. The number of rotatable bonds is 0. The van der Waals surface area contributed by atoms with Gasteiger partial charge in [0.25, 0.3) is 0 Å². The maximum atomic E-state index is 8.49. The SMILES string of the molecule is Cc1cc(C)[n+]2ccsc2n1.[O-][Cl+3]([O-])([O-])[O-]. The highest BCUT2D eigenvalue weighted by molar-refractivity contribution is 7.14. The third-order valence-electron chi connectivity index (χ3n) is 1.66. The van der Waals surface area contributed by atoms with Gasteiger partial charge in [0.15, 0.2) is 5.69 Å². The van der Waals surface area contributed by atoms with Gasteiger partial charge in [-0.1, -0.05) is 11.3 Å². The molecule has 2 aromatic heterocycles. The van der Waals surface area contributed by atoms with Crippen LogP contribution >= 0.6 is 11.3 Å². The molecule has 0 N–H and O–H groups in total. The predicted octanol–water partition coefficient (Wildman–Crippen LogP) is -3.26. The Kier molecular flexibility index (Phi) is 4.14. The molecule has 0 aromatic carbocycles. The summed E-state index contributed by atoms with van der Waals surface area (Å²) in [4.78, 5) is 5.45. The highest BCUT2D eigenvalue weighted by Gasteiger charge is 2.08. The van der Waals surface area contributed by atoms with E-state index in [4.69, 9.17) is 18.6 Å². The van der Waals surface area contributed by atoms with Crippen LogP contribution in [0.2, 0.25) is 0 Å². The summed E-state index contributed by atoms with van der Waals surface area (Å²) in [6.45, 7) is 4.11. The van der Waals surface area contributed by atoms with E-state index in [9.17, 15) is 0 Å². The minimum absolute atomic E-state index is 1.07. The first-order valence-corrected chi connectivity index (χ1v) is 6.23. The van der Waals surface area contributed by atoms with E-state index in [0.29, 0.717) is 0 Å². The molecule has 2 heterocycles. The molecule has 0 fully saturated rings. The zero-order chi connectivity index (χ0) is 12.3. The van der Waals surface area contributed by atoms with Gasteiger partial charge in [0, 0.05) is 18.4 Å². The molecule has 0 spiro atoms. The zero-order valence-corrected chi connectivity index (χ0v) is 10.1. The molecular formula is C8H9ClN2O4S. The van der Waals surface area contributed by atoms with E-state index in [2.05, 4.69) is 27.8 Å². The molecular weight excluding hydrogens is 256 g/mol. The smallest absolute Gasteiger partial charge is 0.222 e. The molecule has 2 aromatic rings. The van der Waals surface area contributed by atoms with Crippen molar-refractivity contribution in [1.82, 2.24) is 4.98 Å². The van der Waals surface area contributed by atoms with Gasteiger partial charge in [0.2, 0.25) is 0 Å². The summed E-state index contributed by atoms with van der Waals surface area (Å²) in [5.74, 6) is 0. The molecule has 6 nitrogen and oxygen atoms in total. The van der Waals surface area contributed by atoms with E-state index in [1.807, 2.05) is 13.1 Å². The normalized spacial score (nSPS) is 11.1. The van der Waals surface area contributed by atoms with Gasteiger partial charge in [0.1, 0.15) is 11.9 Å². The highest BCUT2D eigenvalue weighted by atomic mass is 35.7. The van der Waals surface area contributed by atoms with Crippen molar-refractivity contribution in [1.29, 1.82) is 0 Å². The lowest BCUT2D eigenvalue weighted by molar-refractivity contribution is -2.00. The molecule has 0 saturated carbocycles. The summed E-state index contributed by atoms with van der Waals surface area (Å²) in [5, 5.41) is 2.05. The van der Waals surface area contributed by atoms with Gasteiger partial charge in [-0.2, -0.15) is 4.40 Å². The Morgan fingerprint density at radius 2 is 1.81 bits per heavy atom. The van der Waals surface area contributed by atoms with Crippen molar-refractivity contribution in [2.45, 2.75) is 13.8 Å². The molecule has 88 valence electrons. The van der Waals surface area contributed by atoms with Gasteiger partial charge in [-0.15, -0.1) is 10.2 Å². The topological polar surface area (TPSA) is 109 Å². The fraction of sp³-hybridized carbons (Fsp3) is 0.250. The maximum absolute atomic E-state index is 8.49. The number of fused-ring (bicyclic) bond motifs is 1. The maximum Gasteiger partial charge on any atom is 0.387 e. The molecule has 16 heavy (non-hydrogen) atoms. The van der Waals surface area contributed by atoms with Crippen molar-refractivity contribution in [2.75, 3.05) is 0 Å². The largest absolute Gasteiger partial charge is 0.387 e. The summed E-state index contributed by atoms with van der Waals surface area (Å²) >= 11 is 1.67. The summed E-state index contributed by atoms with van der Waals surface area (Å²) in [6, 6.07) is 2.08. The van der Waals surface area contributed by atoms with Crippen LogP contribution in [0.3, 0.4) is 0 Å². The minimum Gasteiger partial charge on any atom is -0.222 e. The highest BCUT2D eigenvalue weighted by Crippen LogP contribution is 2.04. The third-order valence-corrected chi connectivity index (χ3v) is 2.42. The lowest BCUT2D eigenvalue weighted by atomic mass is 10.3. The van der Waals surface area contributed by atoms with E-state index < -0.39 is 10.2 Å². The standard InChI is InChI=1S/C8H9N2S.ClHO4/c1-6-5-7(2)10-3-4-11-8(10)9-6;2-1(3,4)5/h3-5H,1-2H3;(H,2,3,4,5)/q+1;/p-1. The molecule has 0 bridgehead atoms. The summed E-state index contributed by atoms with van der Waals surface area (Å²) < 4.78 is 36.1. The number of aryl methyl sites for hydroxylation is 2. The molecule has 0 aliphatic heterocycles. The van der Waals surface area contributed by atoms with Crippen LogP contribution < -0.4 is 23.0 Å². The Balaban J connectivity index is 0.000000221. The third kappa shape index (κ3) is 4.35. The Morgan fingerprint density at radius 3 is 2.38 bits per heavy atom. The van der Waals surface area contributed by atoms with E-state index in [1.54, 1.807) is 11.3 Å². The Morgan fingerprint density at radius 1 is 1.25 bits per heavy atom. The lowest BCUT2D eigenvalue weighted by Gasteiger charge is -2.17. The molecule has 0 radical (unpaired) electrons. The van der Waals surface area contributed by atoms with Crippen LogP contribution in [0.25, 0.3) is 4.96 Å². The van der Waals surface area contributed by atoms with Crippen LogP contribution in [-0.2, 0) is 0 Å². The number of halogens is 1. The number of thiazole rings is 1. The molecule has 0 saturated heterocycles. The first-order chi connectivity index (χ1) is 7.27. The van der Waals surface area contributed by atoms with Gasteiger partial charge in [0.05, 0.1) is 0 Å². The molecule has 0 unspecified atom stereocenters. The van der Waals surface area contributed by atoms with Gasteiger partial charge in [-0.3, -0.25) is 0 Å². The van der Waals surface area contributed by atoms with E-state index in [0.717, 1.165) is 10.7 Å². The zero-order valence-electron chi connectivity index (χ0n) is 8.55. The van der Waals surface area contributed by atoms with Crippen molar-refractivity contribution >= 4 is 16.3 Å². The molecule has 8 heteroatoms. The summed E-state index contributed by atoms with van der Waals surface area (Å²) in [5.41, 5.74) is 2.33. The van der Waals surface area contributed by atoms with E-state index >= 15 is 0 Å². The Labute approximate surface area is 97.8 Å². The van der Waals surface area contributed by atoms with Gasteiger partial charge in [-0.05, 0) is 11.9 Å². The second kappa shape index (κ2) is 5.00. The predicted molar refractivity (Wildman–Crippen MR) is 44.7 cm³/mol. The molecule has 0 aliphatic carbocycles. The van der Waals surface area contributed by atoms with Crippen molar-refractivity contribution in [3.8, 4) is 0 Å². The van der Waals surface area contributed by atoms with Crippen LogP contribution in [-0.4, -0.2) is 4.98 Å². The van der Waals surface area contributed by atoms with Crippen molar-refractivity contribution in [2.24, 2.45) is 0 Å². The monoisotopic (exact) mass is 264 g/mol. The van der Waals surface area contributed by atoms with Crippen LogP contribution in [0, 0.1) is 24.1 Å². The van der Waals surface area contributed by atoms with Crippen LogP contribution in [0.5, 0.6) is 0 Å². The minimum atomic E-state index is -4.94. The fourth-order valence-corrected chi connectivity index (χ4v) is 2.00. The number of hydrogen-bond donors (Lipinski definition) is 0. The second-order valence-corrected chi connectivity index (χ2v) is 4.60. The summed E-state index contributed by atoms with van der Waals surface area (Å²) in [7, 11) is -4.94. The van der Waals surface area contributed by atoms with Gasteiger partial charge in [-0.25, -0.2) is 18.6 Å². The molecule has 2 rings (SSSR count). The van der Waals surface area contributed by atoms with Crippen molar-refractivity contribution < 1.29 is 33.3 Å². The van der Waals surface area contributed by atoms with E-state index in [1.165, 1.54) is 5.69 Å². The fourth-order valence-electron chi connectivity index (χ4n) is 1.18. The van der Waals surface area contributed by atoms with Crippen molar-refractivity contribution in [3.05, 3.63) is 29.0 Å². The molecule has 0 aliphatic rings. The van der Waals surface area contributed by atoms with Crippen LogP contribution in [0.4, 0.5) is 0 Å². The van der Waals surface area contributed by atoms with Crippen LogP contribution in [0.1, 0.15) is 11.4 Å². The first kappa shape index (κ1) is 13.2. The van der Waals surface area contributed by atoms with Gasteiger partial charge < -0.3 is 0 Å².